The van der Waals surface area contributed by atoms with Gasteiger partial charge in [-0.15, -0.1) is 0 Å². The second kappa shape index (κ2) is 5.44. The molecule has 1 atom stereocenters. The molecule has 0 saturated carbocycles. The third-order valence-electron chi connectivity index (χ3n) is 3.60. The van der Waals surface area contributed by atoms with Gasteiger partial charge in [0.15, 0.2) is 0 Å². The Balaban J connectivity index is 1.75. The molecule has 0 fully saturated rings. The minimum atomic E-state index is -0.352. The van der Waals surface area contributed by atoms with Crippen molar-refractivity contribution in [3.8, 4) is 0 Å². The van der Waals surface area contributed by atoms with Crippen molar-refractivity contribution in [2.45, 2.75) is 6.04 Å². The van der Waals surface area contributed by atoms with Gasteiger partial charge in [0.05, 0.1) is 11.4 Å². The van der Waals surface area contributed by atoms with Gasteiger partial charge in [0.2, 0.25) is 0 Å². The molecule has 1 amide bonds. The number of carbonyl (C=O) groups excluding carboxylic acids is 1. The zero-order valence-corrected chi connectivity index (χ0v) is 11.6. The van der Waals surface area contributed by atoms with Crippen LogP contribution in [-0.4, -0.2) is 25.5 Å². The summed E-state index contributed by atoms with van der Waals surface area (Å²) in [5.41, 5.74) is 2.57. The number of para-hydroxylation sites is 2. The number of anilines is 3. The average Bonchev–Trinajstić information content (AvgIpc) is 2.54. The smallest absolute Gasteiger partial charge is 0.251 e. The van der Waals surface area contributed by atoms with Gasteiger partial charge in [-0.25, -0.2) is 4.39 Å². The summed E-state index contributed by atoms with van der Waals surface area (Å²) in [5.74, 6) is -0.380. The zero-order chi connectivity index (χ0) is 14.8. The highest BCUT2D eigenvalue weighted by atomic mass is 19.1. The second-order valence-corrected chi connectivity index (χ2v) is 5.00. The minimum Gasteiger partial charge on any atom is -0.381 e. The van der Waals surface area contributed by atoms with Crippen LogP contribution in [0.4, 0.5) is 21.5 Å². The first kappa shape index (κ1) is 13.4. The van der Waals surface area contributed by atoms with Crippen LogP contribution in [0.2, 0.25) is 0 Å². The molecule has 4 nitrogen and oxygen atoms in total. The summed E-state index contributed by atoms with van der Waals surface area (Å²) in [6, 6.07) is 13.3. The molecular formula is C16H16FN3O. The highest BCUT2D eigenvalue weighted by Crippen LogP contribution is 2.26. The number of nitrogens with one attached hydrogen (secondary N) is 2. The number of hydrogen-bond donors (Lipinski definition) is 2. The molecule has 0 aliphatic carbocycles. The fraction of sp³-hybridized carbons (Fsp3) is 0.188. The van der Waals surface area contributed by atoms with Crippen molar-refractivity contribution >= 4 is 23.0 Å². The van der Waals surface area contributed by atoms with Crippen molar-refractivity contribution in [1.29, 1.82) is 0 Å². The lowest BCUT2D eigenvalue weighted by atomic mass is 10.1. The van der Waals surface area contributed by atoms with Crippen LogP contribution in [0.3, 0.4) is 0 Å². The van der Waals surface area contributed by atoms with Crippen LogP contribution in [0.1, 0.15) is 0 Å². The van der Waals surface area contributed by atoms with Crippen LogP contribution >= 0.6 is 0 Å². The molecule has 1 unspecified atom stereocenters. The maximum atomic E-state index is 12.9. The van der Waals surface area contributed by atoms with Gasteiger partial charge >= 0.3 is 0 Å². The summed E-state index contributed by atoms with van der Waals surface area (Å²) in [6.07, 6.45) is 0. The summed E-state index contributed by atoms with van der Waals surface area (Å²) in [5, 5.41) is 6.47. The van der Waals surface area contributed by atoms with E-state index in [2.05, 4.69) is 10.6 Å². The monoisotopic (exact) mass is 285 g/mol. The zero-order valence-electron chi connectivity index (χ0n) is 11.6. The summed E-state index contributed by atoms with van der Waals surface area (Å²) in [6.45, 7) is 0.515. The van der Waals surface area contributed by atoms with Gasteiger partial charge in [-0.2, -0.15) is 0 Å². The maximum absolute atomic E-state index is 12.9. The third-order valence-corrected chi connectivity index (χ3v) is 3.60. The molecule has 0 aromatic heterocycles. The summed E-state index contributed by atoms with van der Waals surface area (Å²) in [4.78, 5) is 14.1. The van der Waals surface area contributed by atoms with Crippen LogP contribution in [0, 0.1) is 5.82 Å². The van der Waals surface area contributed by atoms with E-state index in [4.69, 9.17) is 0 Å². The number of fused-ring (bicyclic) bond motifs is 1. The van der Waals surface area contributed by atoms with Gasteiger partial charge in [-0.3, -0.25) is 4.79 Å². The number of rotatable bonds is 2. The number of halogens is 1. The third kappa shape index (κ3) is 2.67. The van der Waals surface area contributed by atoms with Gasteiger partial charge in [0.25, 0.3) is 5.91 Å². The van der Waals surface area contributed by atoms with E-state index < -0.39 is 0 Å². The quantitative estimate of drug-likeness (QED) is 0.891. The van der Waals surface area contributed by atoms with E-state index in [0.29, 0.717) is 12.2 Å². The van der Waals surface area contributed by atoms with E-state index >= 15 is 0 Å². The summed E-state index contributed by atoms with van der Waals surface area (Å²) >= 11 is 0. The molecule has 21 heavy (non-hydrogen) atoms. The van der Waals surface area contributed by atoms with Gasteiger partial charge in [-0.05, 0) is 36.4 Å². The Kier molecular flexibility index (Phi) is 3.48. The Morgan fingerprint density at radius 3 is 2.52 bits per heavy atom. The molecule has 0 spiro atoms. The Hall–Kier alpha value is -2.56. The Labute approximate surface area is 122 Å². The maximum Gasteiger partial charge on any atom is 0.251 e. The Morgan fingerprint density at radius 2 is 1.81 bits per heavy atom. The molecule has 2 aromatic carbocycles. The van der Waals surface area contributed by atoms with Crippen LogP contribution in [0.25, 0.3) is 0 Å². The minimum absolute atomic E-state index is 0.0661. The van der Waals surface area contributed by atoms with E-state index in [-0.39, 0.29) is 17.8 Å². The highest BCUT2D eigenvalue weighted by Gasteiger charge is 2.26. The van der Waals surface area contributed by atoms with Gasteiger partial charge in [0.1, 0.15) is 11.9 Å². The normalized spacial score (nSPS) is 16.4. The first-order valence-electron chi connectivity index (χ1n) is 6.78. The van der Waals surface area contributed by atoms with Crippen LogP contribution in [0.15, 0.2) is 48.5 Å². The number of hydrogen-bond acceptors (Lipinski definition) is 3. The molecule has 2 aromatic rings. The molecule has 1 aliphatic rings. The molecule has 5 heteroatoms. The van der Waals surface area contributed by atoms with Crippen LogP contribution < -0.4 is 15.5 Å². The fourth-order valence-corrected chi connectivity index (χ4v) is 2.39. The van der Waals surface area contributed by atoms with E-state index in [1.54, 1.807) is 19.2 Å². The summed E-state index contributed by atoms with van der Waals surface area (Å²) < 4.78 is 12.9. The van der Waals surface area contributed by atoms with Gasteiger partial charge in [-0.1, -0.05) is 12.1 Å². The van der Waals surface area contributed by atoms with Crippen molar-refractivity contribution in [3.05, 3.63) is 54.3 Å². The Bertz CT molecular complexity index is 657. The SMILES string of the molecule is CN(C(=O)C1CNc2ccccc2N1)c1ccc(F)cc1. The number of amides is 1. The lowest BCUT2D eigenvalue weighted by Gasteiger charge is -2.30. The predicted octanol–water partition coefficient (Wildman–Crippen LogP) is 2.69. The predicted molar refractivity (Wildman–Crippen MR) is 82.2 cm³/mol. The number of carbonyl (C=O) groups is 1. The van der Waals surface area contributed by atoms with Crippen LogP contribution in [0.5, 0.6) is 0 Å². The van der Waals surface area contributed by atoms with Crippen LogP contribution in [-0.2, 0) is 4.79 Å². The molecule has 3 rings (SSSR count). The average molecular weight is 285 g/mol. The van der Waals surface area contributed by atoms with Crippen molar-refractivity contribution in [3.63, 3.8) is 0 Å². The summed E-state index contributed by atoms with van der Waals surface area (Å²) in [7, 11) is 1.69. The van der Waals surface area contributed by atoms with Crippen molar-refractivity contribution in [1.82, 2.24) is 0 Å². The van der Waals surface area contributed by atoms with Crippen molar-refractivity contribution < 1.29 is 9.18 Å². The van der Waals surface area contributed by atoms with E-state index in [0.717, 1.165) is 11.4 Å². The first-order valence-corrected chi connectivity index (χ1v) is 6.78. The first-order chi connectivity index (χ1) is 10.1. The fourth-order valence-electron chi connectivity index (χ4n) is 2.39. The standard InChI is InChI=1S/C16H16FN3O/c1-20(12-8-6-11(17)7-9-12)16(21)15-10-18-13-4-2-3-5-14(13)19-15/h2-9,15,18-19H,10H2,1H3. The number of benzene rings is 2. The van der Waals surface area contributed by atoms with Crippen molar-refractivity contribution in [2.75, 3.05) is 29.1 Å². The lowest BCUT2D eigenvalue weighted by Crippen LogP contribution is -2.47. The molecule has 0 radical (unpaired) electrons. The van der Waals surface area contributed by atoms with Crippen molar-refractivity contribution in [2.24, 2.45) is 0 Å². The van der Waals surface area contributed by atoms with E-state index in [9.17, 15) is 9.18 Å². The molecule has 0 bridgehead atoms. The molecule has 2 N–H and O–H groups in total. The highest BCUT2D eigenvalue weighted by molar-refractivity contribution is 5.99. The molecule has 1 heterocycles. The lowest BCUT2D eigenvalue weighted by molar-refractivity contribution is -0.118. The van der Waals surface area contributed by atoms with Gasteiger partial charge in [0, 0.05) is 19.3 Å². The number of nitrogens with zero attached hydrogens (tertiary/aromatic N) is 1. The molecule has 0 saturated heterocycles. The number of likely N-dealkylation sites (N-methyl/N-ethyl adjacent to an activating group) is 1. The molecule has 108 valence electrons. The second-order valence-electron chi connectivity index (χ2n) is 5.00. The van der Waals surface area contributed by atoms with E-state index in [1.807, 2.05) is 24.3 Å². The largest absolute Gasteiger partial charge is 0.381 e. The molecule has 1 aliphatic heterocycles. The topological polar surface area (TPSA) is 44.4 Å². The molecular weight excluding hydrogens is 269 g/mol. The Morgan fingerprint density at radius 1 is 1.14 bits per heavy atom. The van der Waals surface area contributed by atoms with E-state index in [1.165, 1.54) is 17.0 Å². The van der Waals surface area contributed by atoms with Gasteiger partial charge < -0.3 is 15.5 Å².